The summed E-state index contributed by atoms with van der Waals surface area (Å²) in [5.41, 5.74) is 14.0. The lowest BCUT2D eigenvalue weighted by molar-refractivity contribution is 1.17. The molecule has 0 fully saturated rings. The lowest BCUT2D eigenvalue weighted by Gasteiger charge is -2.10. The minimum absolute atomic E-state index is 0.236. The van der Waals surface area contributed by atoms with Crippen LogP contribution < -0.4 is 0 Å². The number of hydrogen-bond acceptors (Lipinski definition) is 2. The van der Waals surface area contributed by atoms with Crippen molar-refractivity contribution >= 4 is 72.5 Å². The minimum Gasteiger partial charge on any atom is -0.309 e. The van der Waals surface area contributed by atoms with Gasteiger partial charge in [0.1, 0.15) is 0 Å². The number of fused-ring (bicyclic) bond motifs is 7. The number of para-hydroxylation sites is 3. The van der Waals surface area contributed by atoms with Gasteiger partial charge in [-0.25, -0.2) is 4.99 Å². The molecule has 0 spiro atoms. The number of nitrogens with zero attached hydrogens (tertiary/aromatic N) is 3. The smallest absolute Gasteiger partial charge is 0.152 e. The van der Waals surface area contributed by atoms with Crippen molar-refractivity contribution in [3.63, 3.8) is 0 Å². The Kier molecular flexibility index (Phi) is 8.09. The second-order valence-corrected chi connectivity index (χ2v) is 15.8. The molecule has 0 atom stereocenters. The zero-order valence-electron chi connectivity index (χ0n) is 31.7. The van der Waals surface area contributed by atoms with E-state index >= 15 is 0 Å². The van der Waals surface area contributed by atoms with Crippen LogP contribution in [-0.2, 0) is 0 Å². The van der Waals surface area contributed by atoms with Gasteiger partial charge < -0.3 is 9.13 Å². The first-order valence-corrected chi connectivity index (χ1v) is 20.4. The number of thioether (sulfide) groups is 1. The molecule has 0 amide bonds. The third kappa shape index (κ3) is 5.47. The topological polar surface area (TPSA) is 46.1 Å². The van der Waals surface area contributed by atoms with Crippen LogP contribution >= 0.6 is 11.8 Å². The molecule has 0 unspecified atom stereocenters. The molecular weight excluding hydrogens is 725 g/mol. The molecule has 0 radical (unpaired) electrons. The van der Waals surface area contributed by atoms with Gasteiger partial charge in [-0.3, -0.25) is 5.41 Å². The summed E-state index contributed by atoms with van der Waals surface area (Å²) in [5.74, 6) is 0.236. The Morgan fingerprint density at radius 3 is 1.84 bits per heavy atom. The third-order valence-electron chi connectivity index (χ3n) is 11.4. The highest BCUT2D eigenvalue weighted by atomic mass is 32.2. The first kappa shape index (κ1) is 34.1. The highest BCUT2D eigenvalue weighted by Crippen LogP contribution is 2.45. The van der Waals surface area contributed by atoms with E-state index in [1.54, 1.807) is 11.8 Å². The number of benzene rings is 8. The first-order chi connectivity index (χ1) is 28.6. The van der Waals surface area contributed by atoms with E-state index in [1.165, 1.54) is 32.6 Å². The van der Waals surface area contributed by atoms with Crippen molar-refractivity contribution < 1.29 is 0 Å². The molecule has 1 N–H and O–H groups in total. The summed E-state index contributed by atoms with van der Waals surface area (Å²) in [6, 6.07) is 68.6. The number of aliphatic imine (C=N–C) groups is 1. The summed E-state index contributed by atoms with van der Waals surface area (Å²) in [5, 5.41) is 14.3. The normalized spacial score (nSPS) is 14.2. The highest BCUT2D eigenvalue weighted by molar-refractivity contribution is 8.05. The summed E-state index contributed by atoms with van der Waals surface area (Å²) in [7, 11) is 0. The van der Waals surface area contributed by atoms with Crippen molar-refractivity contribution in [3.8, 4) is 22.5 Å². The van der Waals surface area contributed by atoms with Gasteiger partial charge in [0.25, 0.3) is 0 Å². The van der Waals surface area contributed by atoms with Crippen LogP contribution in [0.25, 0.3) is 71.7 Å². The van der Waals surface area contributed by atoms with Crippen LogP contribution in [0, 0.1) is 5.41 Å². The van der Waals surface area contributed by atoms with E-state index < -0.39 is 0 Å². The Labute approximate surface area is 340 Å². The molecule has 0 aliphatic carbocycles. The number of amidine groups is 1. The van der Waals surface area contributed by atoms with Gasteiger partial charge >= 0.3 is 0 Å². The molecule has 0 saturated heterocycles. The molecule has 11 rings (SSSR count). The minimum atomic E-state index is 0.236. The van der Waals surface area contributed by atoms with Crippen molar-refractivity contribution in [3.05, 3.63) is 216 Å². The largest absolute Gasteiger partial charge is 0.309 e. The van der Waals surface area contributed by atoms with E-state index in [0.717, 1.165) is 71.3 Å². The molecule has 4 nitrogen and oxygen atoms in total. The number of nitrogens with one attached hydrogen (secondary N) is 1. The van der Waals surface area contributed by atoms with Crippen molar-refractivity contribution in [2.75, 3.05) is 0 Å². The zero-order chi connectivity index (χ0) is 38.7. The van der Waals surface area contributed by atoms with Gasteiger partial charge in [-0.2, -0.15) is 0 Å². The molecule has 1 aliphatic heterocycles. The van der Waals surface area contributed by atoms with E-state index in [0.29, 0.717) is 0 Å². The van der Waals surface area contributed by atoms with E-state index in [9.17, 15) is 5.41 Å². The van der Waals surface area contributed by atoms with Crippen LogP contribution in [0.4, 0.5) is 0 Å². The van der Waals surface area contributed by atoms with Gasteiger partial charge in [-0.1, -0.05) is 145 Å². The molecule has 2 aromatic heterocycles. The Morgan fingerprint density at radius 1 is 0.483 bits per heavy atom. The quantitative estimate of drug-likeness (QED) is 0.138. The van der Waals surface area contributed by atoms with E-state index in [4.69, 9.17) is 4.99 Å². The SMILES string of the molecule is C/C(=C1/Sc2ccccc2C1=NC(=N)c1cccc(-c2cccc3c2c2cc(-n4c5ccccc5c5ccccc54)ccc2n3-c2ccccc2)c1)c1ccccc1. The van der Waals surface area contributed by atoms with Gasteiger partial charge in [0, 0.05) is 53.8 Å². The fraction of sp³-hybridized carbons (Fsp3) is 0.0189. The fourth-order valence-electron chi connectivity index (χ4n) is 8.72. The van der Waals surface area contributed by atoms with Crippen LogP contribution in [0.2, 0.25) is 0 Å². The van der Waals surface area contributed by atoms with Crippen LogP contribution in [0.15, 0.2) is 209 Å². The van der Waals surface area contributed by atoms with Crippen LogP contribution in [0.5, 0.6) is 0 Å². The summed E-state index contributed by atoms with van der Waals surface area (Å²) in [6.45, 7) is 2.16. The molecule has 0 bridgehead atoms. The van der Waals surface area contributed by atoms with Crippen LogP contribution in [-0.4, -0.2) is 20.7 Å². The first-order valence-electron chi connectivity index (χ1n) is 19.6. The Hall–Kier alpha value is -7.21. The molecule has 0 saturated carbocycles. The Balaban J connectivity index is 1.09. The number of hydrogen-bond donors (Lipinski definition) is 1. The average Bonchev–Trinajstić information content (AvgIpc) is 3.94. The van der Waals surface area contributed by atoms with Gasteiger partial charge in [0.05, 0.1) is 27.8 Å². The summed E-state index contributed by atoms with van der Waals surface area (Å²) in [4.78, 5) is 7.36. The zero-order valence-corrected chi connectivity index (χ0v) is 32.5. The van der Waals surface area contributed by atoms with E-state index in [2.05, 4.69) is 198 Å². The average molecular weight is 761 g/mol. The van der Waals surface area contributed by atoms with Crippen LogP contribution in [0.1, 0.15) is 23.6 Å². The summed E-state index contributed by atoms with van der Waals surface area (Å²) in [6.07, 6.45) is 0. The molecule has 3 heterocycles. The fourth-order valence-corrected chi connectivity index (χ4v) is 9.89. The predicted molar refractivity (Wildman–Crippen MR) is 245 cm³/mol. The van der Waals surface area contributed by atoms with E-state index in [1.807, 2.05) is 12.1 Å². The molecule has 1 aliphatic rings. The van der Waals surface area contributed by atoms with Gasteiger partial charge in [-0.15, -0.1) is 0 Å². The van der Waals surface area contributed by atoms with Crippen molar-refractivity contribution in [2.24, 2.45) is 4.99 Å². The number of rotatable bonds is 5. The highest BCUT2D eigenvalue weighted by Gasteiger charge is 2.27. The maximum atomic E-state index is 9.46. The Bertz CT molecular complexity index is 3280. The lowest BCUT2D eigenvalue weighted by Crippen LogP contribution is -2.05. The van der Waals surface area contributed by atoms with Crippen molar-refractivity contribution in [2.45, 2.75) is 11.8 Å². The monoisotopic (exact) mass is 760 g/mol. The summed E-state index contributed by atoms with van der Waals surface area (Å²) < 4.78 is 4.76. The van der Waals surface area contributed by atoms with Crippen molar-refractivity contribution in [1.29, 1.82) is 5.41 Å². The molecule has 274 valence electrons. The second-order valence-electron chi connectivity index (χ2n) is 14.8. The van der Waals surface area contributed by atoms with Crippen molar-refractivity contribution in [1.82, 2.24) is 9.13 Å². The molecule has 10 aromatic rings. The maximum Gasteiger partial charge on any atom is 0.152 e. The molecule has 58 heavy (non-hydrogen) atoms. The molecule has 5 heteroatoms. The standard InChI is InChI=1S/C53H36N4S/c1-34(35-16-4-2-5-17-35)52-51(43-24-10-13-29-49(43)58-52)55-53(54)37-19-14-18-36(32-37)40-25-15-28-48-50(40)44-33-39(30-31-47(44)56(48)38-20-6-3-7-21-38)57-45-26-11-8-22-41(45)42-23-9-12-27-46(42)57/h2-33,54H,1H3/b52-34-,54-53?,55-51?. The maximum absolute atomic E-state index is 9.46. The Morgan fingerprint density at radius 2 is 1.07 bits per heavy atom. The lowest BCUT2D eigenvalue weighted by atomic mass is 9.97. The van der Waals surface area contributed by atoms with Gasteiger partial charge in [0.2, 0.25) is 0 Å². The van der Waals surface area contributed by atoms with Gasteiger partial charge in [0.15, 0.2) is 5.84 Å². The second kappa shape index (κ2) is 13.8. The third-order valence-corrected chi connectivity index (χ3v) is 12.7. The van der Waals surface area contributed by atoms with Gasteiger partial charge in [-0.05, 0) is 89.9 Å². The summed E-state index contributed by atoms with van der Waals surface area (Å²) >= 11 is 1.74. The van der Waals surface area contributed by atoms with Crippen LogP contribution in [0.3, 0.4) is 0 Å². The molecular formula is C53H36N4S. The number of aromatic nitrogens is 2. The molecule has 8 aromatic carbocycles. The van der Waals surface area contributed by atoms with E-state index in [-0.39, 0.29) is 5.84 Å². The number of allylic oxidation sites excluding steroid dienone is 2. The predicted octanol–water partition coefficient (Wildman–Crippen LogP) is 13.9.